The number of carbonyl (C=O) groups excluding carboxylic acids is 1. The second kappa shape index (κ2) is 7.03. The van der Waals surface area contributed by atoms with Crippen molar-refractivity contribution in [3.63, 3.8) is 0 Å². The van der Waals surface area contributed by atoms with E-state index in [1.165, 1.54) is 6.92 Å². The lowest BCUT2D eigenvalue weighted by Gasteiger charge is -2.26. The van der Waals surface area contributed by atoms with Crippen LogP contribution in [0, 0.1) is 10.1 Å². The number of ether oxygens (including phenoxy) is 1. The minimum atomic E-state index is -1.55. The van der Waals surface area contributed by atoms with Crippen molar-refractivity contribution in [2.45, 2.75) is 24.3 Å². The number of nitrogens with one attached hydrogen (secondary N) is 1. The maximum atomic E-state index is 11.6. The van der Waals surface area contributed by atoms with Crippen LogP contribution >= 0.6 is 31.9 Å². The van der Waals surface area contributed by atoms with E-state index in [-0.39, 0.29) is 6.61 Å². The molecule has 0 spiro atoms. The Morgan fingerprint density at radius 3 is 2.50 bits per heavy atom. The third-order valence-electron chi connectivity index (χ3n) is 2.62. The molecule has 1 aromatic rings. The fourth-order valence-electron chi connectivity index (χ4n) is 1.57. The van der Waals surface area contributed by atoms with Crippen LogP contribution in [0.4, 0.5) is 4.79 Å². The minimum Gasteiger partial charge on any atom is -0.450 e. The molecule has 0 heterocycles. The van der Waals surface area contributed by atoms with E-state index in [9.17, 15) is 14.9 Å². The molecule has 0 saturated carbocycles. The summed E-state index contributed by atoms with van der Waals surface area (Å²) in [6, 6.07) is 6.02. The molecule has 20 heavy (non-hydrogen) atoms. The maximum Gasteiger partial charge on any atom is 0.407 e. The first-order valence-corrected chi connectivity index (χ1v) is 7.39. The predicted molar refractivity (Wildman–Crippen MR) is 81.4 cm³/mol. The summed E-state index contributed by atoms with van der Waals surface area (Å²) in [4.78, 5) is 22.3. The summed E-state index contributed by atoms with van der Waals surface area (Å²) >= 11 is 6.36. The van der Waals surface area contributed by atoms with Crippen LogP contribution in [0.2, 0.25) is 0 Å². The Kier molecular flexibility index (Phi) is 5.94. The second-order valence-corrected chi connectivity index (χ2v) is 6.65. The van der Waals surface area contributed by atoms with Gasteiger partial charge in [0.05, 0.1) is 6.61 Å². The first-order chi connectivity index (χ1) is 9.28. The summed E-state index contributed by atoms with van der Waals surface area (Å²) in [7, 11) is 0. The molecule has 1 rings (SSSR count). The van der Waals surface area contributed by atoms with Crippen LogP contribution in [0.1, 0.15) is 25.5 Å². The van der Waals surface area contributed by atoms with Crippen molar-refractivity contribution in [2.24, 2.45) is 0 Å². The molecule has 0 aliphatic carbocycles. The molecule has 0 aliphatic heterocycles. The van der Waals surface area contributed by atoms with Crippen molar-refractivity contribution in [3.8, 4) is 0 Å². The Labute approximate surface area is 133 Å². The number of benzene rings is 1. The molecule has 8 heteroatoms. The molecular formula is C12H14Br2N2O4. The molecule has 1 aromatic carbocycles. The van der Waals surface area contributed by atoms with Crippen LogP contribution in [-0.4, -0.2) is 22.1 Å². The van der Waals surface area contributed by atoms with Gasteiger partial charge in [0.1, 0.15) is 6.04 Å². The van der Waals surface area contributed by atoms with E-state index >= 15 is 0 Å². The van der Waals surface area contributed by atoms with Gasteiger partial charge in [-0.25, -0.2) is 4.79 Å². The second-order valence-electron chi connectivity index (χ2n) is 4.13. The molecule has 1 N–H and O–H groups in total. The molecule has 0 radical (unpaired) electrons. The van der Waals surface area contributed by atoms with E-state index in [1.807, 2.05) is 0 Å². The highest BCUT2D eigenvalue weighted by molar-refractivity contribution is 9.10. The van der Waals surface area contributed by atoms with E-state index in [0.717, 1.165) is 4.47 Å². The number of rotatable bonds is 5. The van der Waals surface area contributed by atoms with Crippen LogP contribution < -0.4 is 5.32 Å². The van der Waals surface area contributed by atoms with Gasteiger partial charge in [0.2, 0.25) is 0 Å². The Balaban J connectivity index is 3.10. The number of alkyl carbamates (subject to hydrolysis) is 1. The minimum absolute atomic E-state index is 0.191. The van der Waals surface area contributed by atoms with Gasteiger partial charge >= 0.3 is 6.09 Å². The van der Waals surface area contributed by atoms with E-state index in [0.29, 0.717) is 5.56 Å². The summed E-state index contributed by atoms with van der Waals surface area (Å²) in [6.07, 6.45) is -0.701. The van der Waals surface area contributed by atoms with Gasteiger partial charge in [-0.3, -0.25) is 10.1 Å². The largest absolute Gasteiger partial charge is 0.450 e. The van der Waals surface area contributed by atoms with Crippen LogP contribution in [0.5, 0.6) is 0 Å². The summed E-state index contributed by atoms with van der Waals surface area (Å²) in [5.41, 5.74) is 0.595. The summed E-state index contributed by atoms with van der Waals surface area (Å²) in [5, 5.41) is 13.7. The van der Waals surface area contributed by atoms with E-state index in [4.69, 9.17) is 4.74 Å². The summed E-state index contributed by atoms with van der Waals surface area (Å²) < 4.78 is 4.08. The monoisotopic (exact) mass is 408 g/mol. The molecule has 0 aromatic heterocycles. The summed E-state index contributed by atoms with van der Waals surface area (Å²) in [6.45, 7) is 3.23. The Morgan fingerprint density at radius 1 is 1.50 bits per heavy atom. The average molecular weight is 410 g/mol. The third kappa shape index (κ3) is 4.17. The third-order valence-corrected chi connectivity index (χ3v) is 3.90. The molecule has 2 unspecified atom stereocenters. The molecule has 0 bridgehead atoms. The van der Waals surface area contributed by atoms with Crippen LogP contribution in [0.25, 0.3) is 0 Å². The van der Waals surface area contributed by atoms with Crippen molar-refractivity contribution < 1.29 is 14.5 Å². The maximum absolute atomic E-state index is 11.6. The Bertz CT molecular complexity index is 491. The van der Waals surface area contributed by atoms with Gasteiger partial charge in [-0.05, 0) is 24.6 Å². The van der Waals surface area contributed by atoms with E-state index in [1.54, 1.807) is 31.2 Å². The van der Waals surface area contributed by atoms with E-state index < -0.39 is 21.5 Å². The molecule has 0 aliphatic rings. The number of amides is 1. The first-order valence-electron chi connectivity index (χ1n) is 5.81. The predicted octanol–water partition coefficient (Wildman–Crippen LogP) is 3.62. The zero-order valence-corrected chi connectivity index (χ0v) is 14.1. The Morgan fingerprint density at radius 2 is 2.05 bits per heavy atom. The lowest BCUT2D eigenvalue weighted by molar-refractivity contribution is -0.536. The highest BCUT2D eigenvalue weighted by Crippen LogP contribution is 2.34. The molecule has 0 saturated heterocycles. The lowest BCUT2D eigenvalue weighted by Crippen LogP contribution is -2.45. The van der Waals surface area contributed by atoms with Crippen molar-refractivity contribution in [1.29, 1.82) is 0 Å². The normalized spacial score (nSPS) is 15.0. The van der Waals surface area contributed by atoms with Crippen LogP contribution in [0.15, 0.2) is 28.7 Å². The molecule has 2 atom stereocenters. The van der Waals surface area contributed by atoms with Crippen molar-refractivity contribution in [3.05, 3.63) is 44.4 Å². The molecule has 6 nitrogen and oxygen atoms in total. The number of nitro groups is 1. The van der Waals surface area contributed by atoms with Crippen molar-refractivity contribution >= 4 is 38.0 Å². The standard InChI is InChI=1S/C12H14Br2N2O4/c1-3-20-11(17)15-10(12(2,14)16(18)19)8-4-6-9(13)7-5-8/h4-7,10H,3H2,1-2H3,(H,15,17). The SMILES string of the molecule is CCOC(=O)NC(c1ccc(Br)cc1)C(C)(Br)[N+](=O)[O-]. The number of hydrogen-bond donors (Lipinski definition) is 1. The van der Waals surface area contributed by atoms with Gasteiger partial charge in [-0.1, -0.05) is 28.1 Å². The topological polar surface area (TPSA) is 81.5 Å². The quantitative estimate of drug-likeness (QED) is 0.348. The van der Waals surface area contributed by atoms with Gasteiger partial charge in [0.15, 0.2) is 0 Å². The zero-order valence-electron chi connectivity index (χ0n) is 10.9. The van der Waals surface area contributed by atoms with Gasteiger partial charge in [0.25, 0.3) is 4.45 Å². The highest BCUT2D eigenvalue weighted by Gasteiger charge is 2.45. The highest BCUT2D eigenvalue weighted by atomic mass is 79.9. The average Bonchev–Trinajstić information content (AvgIpc) is 2.37. The zero-order chi connectivity index (χ0) is 15.3. The number of hydrogen-bond acceptors (Lipinski definition) is 4. The number of nitrogens with zero attached hydrogens (tertiary/aromatic N) is 1. The molecule has 0 fully saturated rings. The fourth-order valence-corrected chi connectivity index (χ4v) is 2.21. The number of halogens is 2. The van der Waals surface area contributed by atoms with E-state index in [2.05, 4.69) is 37.2 Å². The molecule has 110 valence electrons. The van der Waals surface area contributed by atoms with Crippen LogP contribution in [0.3, 0.4) is 0 Å². The van der Waals surface area contributed by atoms with Crippen molar-refractivity contribution in [1.82, 2.24) is 5.32 Å². The first kappa shape index (κ1) is 16.9. The summed E-state index contributed by atoms with van der Waals surface area (Å²) in [5.74, 6) is 0. The van der Waals surface area contributed by atoms with Gasteiger partial charge < -0.3 is 10.1 Å². The lowest BCUT2D eigenvalue weighted by atomic mass is 10.0. The fraction of sp³-hybridized carbons (Fsp3) is 0.417. The number of alkyl halides is 1. The molecular weight excluding hydrogens is 396 g/mol. The number of carbonyl (C=O) groups is 1. The van der Waals surface area contributed by atoms with Crippen molar-refractivity contribution in [2.75, 3.05) is 6.61 Å². The Hall–Kier alpha value is -1.15. The van der Waals surface area contributed by atoms with Crippen LogP contribution in [-0.2, 0) is 4.74 Å². The smallest absolute Gasteiger partial charge is 0.407 e. The van der Waals surface area contributed by atoms with Gasteiger partial charge in [-0.15, -0.1) is 0 Å². The van der Waals surface area contributed by atoms with Gasteiger partial charge in [-0.2, -0.15) is 0 Å². The molecule has 1 amide bonds. The van der Waals surface area contributed by atoms with Gasteiger partial charge in [0, 0.05) is 32.2 Å².